The van der Waals surface area contributed by atoms with Gasteiger partial charge in [0.25, 0.3) is 5.91 Å². The first kappa shape index (κ1) is 22.5. The minimum absolute atomic E-state index is 0.0772. The summed E-state index contributed by atoms with van der Waals surface area (Å²) in [5.41, 5.74) is 2.46. The van der Waals surface area contributed by atoms with E-state index in [0.717, 1.165) is 22.0 Å². The maximum Gasteiger partial charge on any atom is 0.270 e. The van der Waals surface area contributed by atoms with Crippen LogP contribution in [0.1, 0.15) is 15.4 Å². The van der Waals surface area contributed by atoms with E-state index in [1.165, 1.54) is 11.3 Å². The highest BCUT2D eigenvalue weighted by molar-refractivity contribution is 7.17. The molecule has 1 aromatic heterocycles. The van der Waals surface area contributed by atoms with Crippen LogP contribution in [0.15, 0.2) is 42.5 Å². The van der Waals surface area contributed by atoms with Gasteiger partial charge in [0.15, 0.2) is 17.8 Å². The Morgan fingerprint density at radius 1 is 1.12 bits per heavy atom. The predicted molar refractivity (Wildman–Crippen MR) is 124 cm³/mol. The molecule has 1 aliphatic rings. The summed E-state index contributed by atoms with van der Waals surface area (Å²) in [5.74, 6) is 0.990. The van der Waals surface area contributed by atoms with Crippen LogP contribution in [0.25, 0.3) is 10.6 Å². The summed E-state index contributed by atoms with van der Waals surface area (Å²) in [6.07, 6.45) is 0.184. The van der Waals surface area contributed by atoms with Gasteiger partial charge in [0.05, 0.1) is 12.8 Å². The second-order valence-corrected chi connectivity index (χ2v) is 8.49. The molecule has 0 unspecified atom stereocenters. The molecule has 0 bridgehead atoms. The molecule has 0 radical (unpaired) electrons. The molecule has 9 heteroatoms. The number of aromatic nitrogens is 1. The summed E-state index contributed by atoms with van der Waals surface area (Å²) < 4.78 is 21.5. The summed E-state index contributed by atoms with van der Waals surface area (Å²) >= 11 is 7.50. The third kappa shape index (κ3) is 4.59. The number of rotatable bonds is 8. The fourth-order valence-electron chi connectivity index (χ4n) is 3.45. The van der Waals surface area contributed by atoms with Gasteiger partial charge in [-0.3, -0.25) is 4.79 Å². The third-order valence-corrected chi connectivity index (χ3v) is 6.51. The Labute approximate surface area is 195 Å². The molecule has 0 atom stereocenters. The first-order valence-electron chi connectivity index (χ1n) is 9.98. The first-order chi connectivity index (χ1) is 15.5. The van der Waals surface area contributed by atoms with Crippen LogP contribution in [0, 0.1) is 0 Å². The fraction of sp³-hybridized carbons (Fsp3) is 0.304. The zero-order chi connectivity index (χ0) is 22.7. The number of methoxy groups -OCH3 is 3. The number of hydrogen-bond donors (Lipinski definition) is 0. The topological polar surface area (TPSA) is 70.1 Å². The van der Waals surface area contributed by atoms with Crippen molar-refractivity contribution in [1.82, 2.24) is 4.98 Å². The van der Waals surface area contributed by atoms with Crippen molar-refractivity contribution in [3.63, 3.8) is 0 Å². The van der Waals surface area contributed by atoms with Gasteiger partial charge in [0.2, 0.25) is 0 Å². The second-order valence-electron chi connectivity index (χ2n) is 7.06. The Bertz CT molecular complexity index is 1120. The maximum atomic E-state index is 13.3. The van der Waals surface area contributed by atoms with Gasteiger partial charge in [0, 0.05) is 49.5 Å². The minimum atomic E-state index is -0.485. The fourth-order valence-corrected chi connectivity index (χ4v) is 4.70. The summed E-state index contributed by atoms with van der Waals surface area (Å²) in [5, 5.41) is 1.43. The summed E-state index contributed by atoms with van der Waals surface area (Å²) in [6.45, 7) is 0.741. The molecule has 0 saturated carbocycles. The van der Waals surface area contributed by atoms with E-state index in [1.54, 1.807) is 38.4 Å². The quantitative estimate of drug-likeness (QED) is 0.442. The van der Waals surface area contributed by atoms with Gasteiger partial charge in [-0.25, -0.2) is 4.98 Å². The minimum Gasteiger partial charge on any atom is -0.493 e. The number of anilines is 1. The van der Waals surface area contributed by atoms with Crippen LogP contribution < -0.4 is 14.4 Å². The van der Waals surface area contributed by atoms with E-state index >= 15 is 0 Å². The second kappa shape index (κ2) is 9.87. The molecule has 0 N–H and O–H groups in total. The number of carbonyl (C=O) groups is 1. The molecular formula is C23H23ClN2O5S. The van der Waals surface area contributed by atoms with Crippen molar-refractivity contribution < 1.29 is 23.7 Å². The first-order valence-corrected chi connectivity index (χ1v) is 11.2. The molecule has 1 aliphatic heterocycles. The monoisotopic (exact) mass is 474 g/mol. The summed E-state index contributed by atoms with van der Waals surface area (Å²) in [4.78, 5) is 20.3. The molecule has 2 heterocycles. The van der Waals surface area contributed by atoms with E-state index in [-0.39, 0.29) is 12.5 Å². The molecule has 168 valence electrons. The average Bonchev–Trinajstić information content (AvgIpc) is 3.26. The highest BCUT2D eigenvalue weighted by atomic mass is 35.5. The number of hydrogen-bond acceptors (Lipinski definition) is 7. The van der Waals surface area contributed by atoms with Crippen LogP contribution in [0.5, 0.6) is 11.5 Å². The van der Waals surface area contributed by atoms with Gasteiger partial charge in [-0.05, 0) is 24.3 Å². The third-order valence-electron chi connectivity index (χ3n) is 5.14. The molecule has 0 fully saturated rings. The molecule has 1 amide bonds. The highest BCUT2D eigenvalue weighted by Gasteiger charge is 2.30. The molecule has 2 aromatic carbocycles. The number of thiazole rings is 1. The molecule has 7 nitrogen and oxygen atoms in total. The van der Waals surface area contributed by atoms with Gasteiger partial charge in [-0.1, -0.05) is 23.7 Å². The van der Waals surface area contributed by atoms with E-state index in [0.29, 0.717) is 34.4 Å². The number of ether oxygens (including phenoxy) is 4. The van der Waals surface area contributed by atoms with Gasteiger partial charge in [0.1, 0.15) is 16.5 Å². The van der Waals surface area contributed by atoms with Crippen LogP contribution >= 0.6 is 22.9 Å². The van der Waals surface area contributed by atoms with Crippen LogP contribution in [0.2, 0.25) is 5.02 Å². The molecule has 4 rings (SSSR count). The Morgan fingerprint density at radius 3 is 2.66 bits per heavy atom. The van der Waals surface area contributed by atoms with Crippen molar-refractivity contribution in [2.45, 2.75) is 12.7 Å². The lowest BCUT2D eigenvalue weighted by Gasteiger charge is -2.26. The molecule has 0 spiro atoms. The Morgan fingerprint density at radius 2 is 1.94 bits per heavy atom. The van der Waals surface area contributed by atoms with E-state index in [1.807, 2.05) is 30.3 Å². The zero-order valence-corrected chi connectivity index (χ0v) is 19.5. The number of benzene rings is 2. The SMILES string of the molecule is COc1cc(N2CCc3nc(-c4cccc(Cl)c4)sc3C2=O)ccc1OCC(OC)OC. The molecule has 3 aromatic rings. The van der Waals surface area contributed by atoms with Gasteiger partial charge < -0.3 is 23.8 Å². The number of halogens is 1. The zero-order valence-electron chi connectivity index (χ0n) is 18.0. The van der Waals surface area contributed by atoms with Gasteiger partial charge in [-0.15, -0.1) is 11.3 Å². The smallest absolute Gasteiger partial charge is 0.270 e. The molecular weight excluding hydrogens is 452 g/mol. The lowest BCUT2D eigenvalue weighted by Crippen LogP contribution is -2.36. The molecule has 0 saturated heterocycles. The van der Waals surface area contributed by atoms with Crippen LogP contribution in [0.3, 0.4) is 0 Å². The normalized spacial score (nSPS) is 13.4. The lowest BCUT2D eigenvalue weighted by atomic mass is 10.1. The Balaban J connectivity index is 1.56. The number of nitrogens with zero attached hydrogens (tertiary/aromatic N) is 2. The van der Waals surface area contributed by atoms with Crippen molar-refractivity contribution in [2.24, 2.45) is 0 Å². The van der Waals surface area contributed by atoms with Gasteiger partial charge >= 0.3 is 0 Å². The van der Waals surface area contributed by atoms with E-state index < -0.39 is 6.29 Å². The summed E-state index contributed by atoms with van der Waals surface area (Å²) in [7, 11) is 4.66. The van der Waals surface area contributed by atoms with Crippen molar-refractivity contribution >= 4 is 34.5 Å². The van der Waals surface area contributed by atoms with Crippen molar-refractivity contribution in [1.29, 1.82) is 0 Å². The average molecular weight is 475 g/mol. The van der Waals surface area contributed by atoms with E-state index in [9.17, 15) is 4.79 Å². The Kier molecular flexibility index (Phi) is 6.95. The highest BCUT2D eigenvalue weighted by Crippen LogP contribution is 2.37. The number of carbonyl (C=O) groups excluding carboxylic acids is 1. The molecule has 32 heavy (non-hydrogen) atoms. The van der Waals surface area contributed by atoms with Crippen LogP contribution in [-0.2, 0) is 15.9 Å². The van der Waals surface area contributed by atoms with Crippen molar-refractivity contribution in [2.75, 3.05) is 39.4 Å². The lowest BCUT2D eigenvalue weighted by molar-refractivity contribution is -0.122. The van der Waals surface area contributed by atoms with Crippen molar-refractivity contribution in [3.8, 4) is 22.1 Å². The van der Waals surface area contributed by atoms with Crippen LogP contribution in [0.4, 0.5) is 5.69 Å². The molecule has 0 aliphatic carbocycles. The Hall–Kier alpha value is -2.65. The van der Waals surface area contributed by atoms with Gasteiger partial charge in [-0.2, -0.15) is 0 Å². The van der Waals surface area contributed by atoms with E-state index in [2.05, 4.69) is 4.98 Å². The predicted octanol–water partition coefficient (Wildman–Crippen LogP) is 4.67. The standard InChI is InChI=1S/C23H23ClN2O5S/c1-28-19-12-16(7-8-18(19)31-13-20(29-2)30-3)26-10-9-17-21(23(26)27)32-22(25-17)14-5-4-6-15(24)11-14/h4-8,11-12,20H,9-10,13H2,1-3H3. The number of fused-ring (bicyclic) bond motifs is 1. The van der Waals surface area contributed by atoms with Crippen LogP contribution in [-0.4, -0.2) is 51.7 Å². The maximum absolute atomic E-state index is 13.3. The summed E-state index contributed by atoms with van der Waals surface area (Å²) in [6, 6.07) is 12.9. The number of amides is 1. The van der Waals surface area contributed by atoms with Crippen molar-refractivity contribution in [3.05, 3.63) is 58.1 Å². The van der Waals surface area contributed by atoms with E-state index in [4.69, 9.17) is 30.5 Å². The largest absolute Gasteiger partial charge is 0.493 e.